The normalized spacial score (nSPS) is 13.7. The van der Waals surface area contributed by atoms with E-state index in [1.165, 1.54) is 0 Å². The van der Waals surface area contributed by atoms with Crippen LogP contribution in [0.5, 0.6) is 5.75 Å². The number of imidazole rings is 1. The van der Waals surface area contributed by atoms with Crippen LogP contribution in [0.1, 0.15) is 84.5 Å². The van der Waals surface area contributed by atoms with Gasteiger partial charge in [-0.15, -0.1) is 0 Å². The maximum atomic E-state index is 12.9. The van der Waals surface area contributed by atoms with Crippen LogP contribution in [-0.2, 0) is 49.9 Å². The molecule has 3 aromatic heterocycles. The zero-order chi connectivity index (χ0) is 44.9. The highest BCUT2D eigenvalue weighted by Gasteiger charge is 2.33. The lowest BCUT2D eigenvalue weighted by Gasteiger charge is -2.19. The first-order chi connectivity index (χ1) is 31.0. The first-order valence-electron chi connectivity index (χ1n) is 22.0. The van der Waals surface area contributed by atoms with E-state index in [1.807, 2.05) is 45.3 Å². The van der Waals surface area contributed by atoms with Crippen LogP contribution in [0.4, 0.5) is 4.79 Å². The molecule has 0 bridgehead atoms. The van der Waals surface area contributed by atoms with Crippen molar-refractivity contribution in [3.05, 3.63) is 119 Å². The third-order valence-electron chi connectivity index (χ3n) is 10.8. The SMILES string of the molecule is CC(C)(C)OC(=O)NCCOCCOCCOCCNC(=O)CCCCn1cnc(Cn2ccc3ccc(CNCc4[nH]c5ccccc5c4C4NC(=O)c5ccc(O)cc54)cc32)c1. The summed E-state index contributed by atoms with van der Waals surface area (Å²) in [6.45, 7) is 11.3. The van der Waals surface area contributed by atoms with Crippen molar-refractivity contribution < 1.29 is 38.4 Å². The van der Waals surface area contributed by atoms with Crippen molar-refractivity contribution in [1.29, 1.82) is 0 Å². The van der Waals surface area contributed by atoms with E-state index in [0.717, 1.165) is 69.3 Å². The number of phenols is 1. The lowest BCUT2D eigenvalue weighted by Crippen LogP contribution is -2.34. The molecule has 16 nitrogen and oxygen atoms in total. The predicted octanol–water partition coefficient (Wildman–Crippen LogP) is 6.06. The first-order valence-corrected chi connectivity index (χ1v) is 22.0. The number of rotatable bonds is 24. The van der Waals surface area contributed by atoms with Gasteiger partial charge in [0.2, 0.25) is 5.91 Å². The number of ether oxygens (including phenoxy) is 4. The van der Waals surface area contributed by atoms with E-state index in [-0.39, 0.29) is 23.6 Å². The zero-order valence-corrected chi connectivity index (χ0v) is 36.9. The van der Waals surface area contributed by atoms with Crippen molar-refractivity contribution in [1.82, 2.24) is 40.4 Å². The summed E-state index contributed by atoms with van der Waals surface area (Å²) in [5, 5.41) is 24.7. The summed E-state index contributed by atoms with van der Waals surface area (Å²) in [6, 6.07) is 21.2. The molecule has 1 aliphatic rings. The van der Waals surface area contributed by atoms with Crippen molar-refractivity contribution in [2.75, 3.05) is 52.7 Å². The van der Waals surface area contributed by atoms with Gasteiger partial charge >= 0.3 is 6.09 Å². The van der Waals surface area contributed by atoms with E-state index in [4.69, 9.17) is 18.9 Å². The van der Waals surface area contributed by atoms with E-state index in [9.17, 15) is 19.5 Å². The zero-order valence-electron chi connectivity index (χ0n) is 36.9. The maximum absolute atomic E-state index is 12.9. The maximum Gasteiger partial charge on any atom is 0.407 e. The van der Waals surface area contributed by atoms with Crippen molar-refractivity contribution in [3.63, 3.8) is 0 Å². The largest absolute Gasteiger partial charge is 0.508 e. The van der Waals surface area contributed by atoms with Crippen LogP contribution < -0.4 is 21.3 Å². The van der Waals surface area contributed by atoms with Crippen molar-refractivity contribution in [3.8, 4) is 5.75 Å². The van der Waals surface area contributed by atoms with E-state index in [0.29, 0.717) is 84.3 Å². The molecule has 1 aliphatic heterocycles. The number of carbonyl (C=O) groups excluding carboxylic acids is 3. The average molecular weight is 877 g/mol. The molecule has 6 N–H and O–H groups in total. The highest BCUT2D eigenvalue weighted by Crippen LogP contribution is 2.38. The third kappa shape index (κ3) is 12.7. The molecular weight excluding hydrogens is 817 g/mol. The number of aromatic nitrogens is 4. The van der Waals surface area contributed by atoms with Crippen LogP contribution >= 0.6 is 0 Å². The highest BCUT2D eigenvalue weighted by molar-refractivity contribution is 6.01. The van der Waals surface area contributed by atoms with Gasteiger partial charge in [0.25, 0.3) is 5.91 Å². The summed E-state index contributed by atoms with van der Waals surface area (Å²) in [5.74, 6) is -0.00718. The molecule has 16 heteroatoms. The van der Waals surface area contributed by atoms with Gasteiger partial charge in [0.1, 0.15) is 11.4 Å². The quantitative estimate of drug-likeness (QED) is 0.0390. The molecule has 0 aliphatic carbocycles. The van der Waals surface area contributed by atoms with E-state index in [1.54, 1.807) is 18.2 Å². The molecule has 4 heterocycles. The summed E-state index contributed by atoms with van der Waals surface area (Å²) in [6.07, 6.45) is 7.63. The Kier molecular flexibility index (Phi) is 15.7. The molecule has 64 heavy (non-hydrogen) atoms. The van der Waals surface area contributed by atoms with Gasteiger partial charge in [0.05, 0.1) is 64.2 Å². The molecule has 0 spiro atoms. The summed E-state index contributed by atoms with van der Waals surface area (Å²) in [5.41, 5.74) is 7.02. The molecule has 6 aromatic rings. The Morgan fingerprint density at radius 1 is 0.875 bits per heavy atom. The Morgan fingerprint density at radius 2 is 1.64 bits per heavy atom. The number of carbonyl (C=O) groups is 3. The Bertz CT molecular complexity index is 2500. The molecule has 3 amide bonds. The van der Waals surface area contributed by atoms with Crippen LogP contribution in [0.3, 0.4) is 0 Å². The Labute approximate surface area is 373 Å². The van der Waals surface area contributed by atoms with E-state index < -0.39 is 11.7 Å². The number of aromatic amines is 1. The van der Waals surface area contributed by atoms with Crippen molar-refractivity contribution >= 4 is 39.7 Å². The second kappa shape index (κ2) is 21.9. The fourth-order valence-electron chi connectivity index (χ4n) is 7.80. The number of aromatic hydroxyl groups is 1. The lowest BCUT2D eigenvalue weighted by molar-refractivity contribution is -0.121. The minimum Gasteiger partial charge on any atom is -0.508 e. The first kappa shape index (κ1) is 45.8. The van der Waals surface area contributed by atoms with Gasteiger partial charge in [0.15, 0.2) is 0 Å². The summed E-state index contributed by atoms with van der Waals surface area (Å²) >= 11 is 0. The predicted molar refractivity (Wildman–Crippen MR) is 243 cm³/mol. The standard InChI is InChI=1S/C48H60N8O8/c1-48(2,3)64-47(60)51-17-21-62-23-25-63-24-22-61-20-16-50-43(58)10-6-7-18-55-30-35(52-32-55)31-56-19-15-34-12-11-33(26-42(34)56)28-49-29-41-44(38-8-4-5-9-40(38)53-41)45-39-27-36(57)13-14-37(39)46(59)54-45/h4-5,8-9,11-15,19,26-27,30,32,45,49,53,57H,6-7,10,16-18,20-25,28-29,31H2,1-3H3,(H,50,58)(H,51,60)(H,54,59). The molecule has 0 saturated heterocycles. The van der Waals surface area contributed by atoms with Gasteiger partial charge in [-0.1, -0.05) is 30.3 Å². The number of H-pyrrole nitrogens is 1. The second-order valence-electron chi connectivity index (χ2n) is 16.9. The van der Waals surface area contributed by atoms with Gasteiger partial charge < -0.3 is 59.4 Å². The van der Waals surface area contributed by atoms with E-state index in [2.05, 4.69) is 83.1 Å². The molecule has 7 rings (SSSR count). The molecule has 0 radical (unpaired) electrons. The van der Waals surface area contributed by atoms with Crippen LogP contribution in [-0.4, -0.2) is 100 Å². The van der Waals surface area contributed by atoms with Gasteiger partial charge in [-0.25, -0.2) is 9.78 Å². The van der Waals surface area contributed by atoms with Gasteiger partial charge in [-0.2, -0.15) is 0 Å². The number of alkyl carbamates (subject to hydrolysis) is 1. The number of nitrogens with zero attached hydrogens (tertiary/aromatic N) is 3. The van der Waals surface area contributed by atoms with Crippen molar-refractivity contribution in [2.24, 2.45) is 0 Å². The Morgan fingerprint density at radius 3 is 2.44 bits per heavy atom. The smallest absolute Gasteiger partial charge is 0.407 e. The van der Waals surface area contributed by atoms with Crippen LogP contribution in [0.2, 0.25) is 0 Å². The van der Waals surface area contributed by atoms with Crippen LogP contribution in [0.15, 0.2) is 85.5 Å². The number of unbranched alkanes of at least 4 members (excludes halogenated alkanes) is 1. The molecule has 1 atom stereocenters. The number of hydrogen-bond donors (Lipinski definition) is 6. The average Bonchev–Trinajstić information content (AvgIpc) is 4.05. The van der Waals surface area contributed by atoms with E-state index >= 15 is 0 Å². The molecule has 3 aromatic carbocycles. The number of para-hydroxylation sites is 1. The number of benzene rings is 3. The monoisotopic (exact) mass is 876 g/mol. The topological polar surface area (TPSA) is 195 Å². The molecule has 340 valence electrons. The molecule has 1 unspecified atom stereocenters. The molecular formula is C48H60N8O8. The molecule has 0 saturated carbocycles. The van der Waals surface area contributed by atoms with Gasteiger partial charge in [0, 0.05) is 84.8 Å². The number of fused-ring (bicyclic) bond motifs is 3. The fourth-order valence-corrected chi connectivity index (χ4v) is 7.80. The minimum absolute atomic E-state index is 0.00765. The number of phenolic OH excluding ortho intramolecular Hbond substituents is 1. The van der Waals surface area contributed by atoms with Gasteiger partial charge in [-0.05, 0) is 86.5 Å². The highest BCUT2D eigenvalue weighted by atomic mass is 16.6. The molecule has 0 fully saturated rings. The lowest BCUT2D eigenvalue weighted by atomic mass is 9.95. The van der Waals surface area contributed by atoms with Gasteiger partial charge in [-0.3, -0.25) is 9.59 Å². The second-order valence-corrected chi connectivity index (χ2v) is 16.9. The summed E-state index contributed by atoms with van der Waals surface area (Å²) < 4.78 is 25.9. The van der Waals surface area contributed by atoms with Crippen molar-refractivity contribution in [2.45, 2.75) is 77.9 Å². The Hall–Kier alpha value is -6.20. The van der Waals surface area contributed by atoms with Crippen LogP contribution in [0, 0.1) is 0 Å². The fraction of sp³-hybridized carbons (Fsp3) is 0.417. The third-order valence-corrected chi connectivity index (χ3v) is 10.8. The summed E-state index contributed by atoms with van der Waals surface area (Å²) in [4.78, 5) is 45.1. The van der Waals surface area contributed by atoms with Crippen LogP contribution in [0.25, 0.3) is 21.8 Å². The minimum atomic E-state index is -0.531. The number of nitrogens with one attached hydrogen (secondary N) is 5. The Balaban J connectivity index is 0.777. The summed E-state index contributed by atoms with van der Waals surface area (Å²) in [7, 11) is 0. The number of aryl methyl sites for hydroxylation is 1. The number of hydrogen-bond acceptors (Lipinski definition) is 10. The number of amides is 3.